The zero-order valence-corrected chi connectivity index (χ0v) is 20.6. The Kier molecular flexibility index (Phi) is 11.5. The van der Waals surface area contributed by atoms with Crippen molar-refractivity contribution in [2.45, 2.75) is 25.8 Å². The van der Waals surface area contributed by atoms with Gasteiger partial charge in [0, 0.05) is 40.7 Å². The van der Waals surface area contributed by atoms with Crippen LogP contribution in [0.25, 0.3) is 0 Å². The van der Waals surface area contributed by atoms with E-state index < -0.39 is 0 Å². The molecule has 9 heteroatoms. The standard InChI is InChI=1S/C21H33N5O3.HI/c1-22-19(27)13-16-9-11-26(12-10-16)21(24-15-20(28)25(2)3)23-14-17-5-7-18(29-4)8-6-17;/h5-8,16H,9-15H2,1-4H3,(H,22,27)(H,23,24);1H. The number of likely N-dealkylation sites (N-methyl/N-ethyl adjacent to an activating group) is 1. The van der Waals surface area contributed by atoms with Crippen molar-refractivity contribution in [3.05, 3.63) is 29.8 Å². The van der Waals surface area contributed by atoms with Crippen molar-refractivity contribution >= 4 is 41.8 Å². The lowest BCUT2D eigenvalue weighted by Gasteiger charge is -2.34. The van der Waals surface area contributed by atoms with E-state index >= 15 is 0 Å². The summed E-state index contributed by atoms with van der Waals surface area (Å²) < 4.78 is 5.20. The zero-order chi connectivity index (χ0) is 21.2. The van der Waals surface area contributed by atoms with Crippen LogP contribution in [-0.2, 0) is 16.1 Å². The average molecular weight is 531 g/mol. The molecule has 1 heterocycles. The first-order valence-electron chi connectivity index (χ1n) is 9.99. The SMILES string of the molecule is CNC(=O)CC1CCN(C(=NCc2ccc(OC)cc2)NCC(=O)N(C)C)CC1.I. The summed E-state index contributed by atoms with van der Waals surface area (Å²) in [5, 5.41) is 5.91. The van der Waals surface area contributed by atoms with E-state index in [-0.39, 0.29) is 42.3 Å². The van der Waals surface area contributed by atoms with Gasteiger partial charge >= 0.3 is 0 Å². The number of benzene rings is 1. The van der Waals surface area contributed by atoms with Crippen molar-refractivity contribution in [1.82, 2.24) is 20.4 Å². The van der Waals surface area contributed by atoms with Crippen LogP contribution in [-0.4, -0.2) is 75.5 Å². The number of likely N-dealkylation sites (tertiary alicyclic amines) is 1. The number of carbonyl (C=O) groups excluding carboxylic acids is 2. The second-order valence-corrected chi connectivity index (χ2v) is 7.44. The Labute approximate surface area is 196 Å². The van der Waals surface area contributed by atoms with Crippen LogP contribution in [0.15, 0.2) is 29.3 Å². The number of nitrogens with one attached hydrogen (secondary N) is 2. The molecule has 0 aromatic heterocycles. The fraction of sp³-hybridized carbons (Fsp3) is 0.571. The minimum Gasteiger partial charge on any atom is -0.497 e. The first kappa shape index (κ1) is 26.0. The number of carbonyl (C=O) groups is 2. The third-order valence-electron chi connectivity index (χ3n) is 5.13. The summed E-state index contributed by atoms with van der Waals surface area (Å²) in [4.78, 5) is 32.1. The van der Waals surface area contributed by atoms with E-state index in [0.29, 0.717) is 18.9 Å². The molecule has 2 N–H and O–H groups in total. The Morgan fingerprint density at radius 1 is 1.20 bits per heavy atom. The number of methoxy groups -OCH3 is 1. The van der Waals surface area contributed by atoms with Crippen molar-refractivity contribution in [2.75, 3.05) is 47.9 Å². The number of nitrogens with zero attached hydrogens (tertiary/aromatic N) is 3. The van der Waals surface area contributed by atoms with Crippen molar-refractivity contribution in [3.8, 4) is 5.75 Å². The molecule has 1 aromatic carbocycles. The van der Waals surface area contributed by atoms with E-state index in [4.69, 9.17) is 9.73 Å². The van der Waals surface area contributed by atoms with Gasteiger partial charge in [0.2, 0.25) is 11.8 Å². The van der Waals surface area contributed by atoms with E-state index in [1.807, 2.05) is 24.3 Å². The van der Waals surface area contributed by atoms with Gasteiger partial charge in [-0.3, -0.25) is 9.59 Å². The summed E-state index contributed by atoms with van der Waals surface area (Å²) >= 11 is 0. The summed E-state index contributed by atoms with van der Waals surface area (Å²) in [6, 6.07) is 7.80. The molecule has 8 nitrogen and oxygen atoms in total. The summed E-state index contributed by atoms with van der Waals surface area (Å²) in [6.45, 7) is 2.34. The molecule has 1 aliphatic rings. The largest absolute Gasteiger partial charge is 0.497 e. The van der Waals surface area contributed by atoms with Crippen LogP contribution >= 0.6 is 24.0 Å². The molecule has 168 valence electrons. The molecule has 1 aliphatic heterocycles. The van der Waals surface area contributed by atoms with Gasteiger partial charge in [-0.2, -0.15) is 0 Å². The van der Waals surface area contributed by atoms with Crippen LogP contribution in [0.5, 0.6) is 5.75 Å². The van der Waals surface area contributed by atoms with Crippen molar-refractivity contribution in [2.24, 2.45) is 10.9 Å². The maximum Gasteiger partial charge on any atom is 0.241 e. The highest BCUT2D eigenvalue weighted by molar-refractivity contribution is 14.0. The van der Waals surface area contributed by atoms with Crippen molar-refractivity contribution in [1.29, 1.82) is 0 Å². The highest BCUT2D eigenvalue weighted by atomic mass is 127. The minimum absolute atomic E-state index is 0. The fourth-order valence-corrected chi connectivity index (χ4v) is 3.19. The molecule has 30 heavy (non-hydrogen) atoms. The number of ether oxygens (including phenoxy) is 1. The number of piperidine rings is 1. The van der Waals surface area contributed by atoms with Gasteiger partial charge in [-0.15, -0.1) is 24.0 Å². The first-order valence-corrected chi connectivity index (χ1v) is 9.99. The van der Waals surface area contributed by atoms with Crippen molar-refractivity contribution < 1.29 is 14.3 Å². The second kappa shape index (κ2) is 13.3. The van der Waals surface area contributed by atoms with Gasteiger partial charge in [-0.25, -0.2) is 4.99 Å². The number of rotatable bonds is 7. The molecular weight excluding hydrogens is 497 g/mol. The molecule has 0 saturated carbocycles. The number of aliphatic imine (C=N–C) groups is 1. The van der Waals surface area contributed by atoms with Gasteiger partial charge < -0.3 is 25.2 Å². The molecule has 1 saturated heterocycles. The van der Waals surface area contributed by atoms with E-state index in [1.165, 1.54) is 0 Å². The number of halogens is 1. The molecule has 0 aliphatic carbocycles. The third-order valence-corrected chi connectivity index (χ3v) is 5.13. The molecule has 0 bridgehead atoms. The third kappa shape index (κ3) is 8.37. The van der Waals surface area contributed by atoms with E-state index in [0.717, 1.165) is 43.2 Å². The number of hydrogen-bond acceptors (Lipinski definition) is 4. The first-order chi connectivity index (χ1) is 13.9. The Morgan fingerprint density at radius 2 is 1.83 bits per heavy atom. The Morgan fingerprint density at radius 3 is 2.37 bits per heavy atom. The van der Waals surface area contributed by atoms with E-state index in [2.05, 4.69) is 15.5 Å². The van der Waals surface area contributed by atoms with Gasteiger partial charge in [0.25, 0.3) is 0 Å². The predicted molar refractivity (Wildman–Crippen MR) is 129 cm³/mol. The summed E-state index contributed by atoms with van der Waals surface area (Å²) in [5.41, 5.74) is 1.07. The Hall–Kier alpha value is -2.04. The average Bonchev–Trinajstić information content (AvgIpc) is 2.74. The molecular formula is C21H34IN5O3. The van der Waals surface area contributed by atoms with Gasteiger partial charge in [-0.05, 0) is 36.5 Å². The number of amides is 2. The molecule has 2 amide bonds. The van der Waals surface area contributed by atoms with E-state index in [1.54, 1.807) is 33.2 Å². The fourth-order valence-electron chi connectivity index (χ4n) is 3.19. The highest BCUT2D eigenvalue weighted by Gasteiger charge is 2.23. The van der Waals surface area contributed by atoms with Gasteiger partial charge in [-0.1, -0.05) is 12.1 Å². The molecule has 0 spiro atoms. The summed E-state index contributed by atoms with van der Waals surface area (Å²) in [6.07, 6.45) is 2.42. The molecule has 0 radical (unpaired) electrons. The lowest BCUT2D eigenvalue weighted by atomic mass is 9.93. The van der Waals surface area contributed by atoms with Gasteiger partial charge in [0.15, 0.2) is 5.96 Å². The minimum atomic E-state index is -0.00310. The lowest BCUT2D eigenvalue weighted by molar-refractivity contribution is -0.127. The Bertz CT molecular complexity index is 701. The monoisotopic (exact) mass is 531 g/mol. The topological polar surface area (TPSA) is 86.3 Å². The second-order valence-electron chi connectivity index (χ2n) is 7.44. The normalized spacial score (nSPS) is 14.5. The van der Waals surface area contributed by atoms with Crippen LogP contribution < -0.4 is 15.4 Å². The smallest absolute Gasteiger partial charge is 0.241 e. The van der Waals surface area contributed by atoms with Crippen LogP contribution in [0.2, 0.25) is 0 Å². The highest BCUT2D eigenvalue weighted by Crippen LogP contribution is 2.20. The van der Waals surface area contributed by atoms with Crippen LogP contribution in [0.1, 0.15) is 24.8 Å². The molecule has 0 unspecified atom stereocenters. The van der Waals surface area contributed by atoms with Gasteiger partial charge in [0.1, 0.15) is 5.75 Å². The molecule has 1 fully saturated rings. The zero-order valence-electron chi connectivity index (χ0n) is 18.3. The number of hydrogen-bond donors (Lipinski definition) is 2. The quantitative estimate of drug-likeness (QED) is 0.318. The lowest BCUT2D eigenvalue weighted by Crippen LogP contribution is -2.48. The summed E-state index contributed by atoms with van der Waals surface area (Å²) in [5.74, 6) is 2.01. The van der Waals surface area contributed by atoms with Crippen LogP contribution in [0, 0.1) is 5.92 Å². The Balaban J connectivity index is 0.00000450. The number of guanidine groups is 1. The van der Waals surface area contributed by atoms with Gasteiger partial charge in [0.05, 0.1) is 20.2 Å². The van der Waals surface area contributed by atoms with E-state index in [9.17, 15) is 9.59 Å². The molecule has 2 rings (SSSR count). The van der Waals surface area contributed by atoms with Crippen LogP contribution in [0.4, 0.5) is 0 Å². The summed E-state index contributed by atoms with van der Waals surface area (Å²) in [7, 11) is 6.79. The maximum atomic E-state index is 12.0. The molecule has 0 atom stereocenters. The predicted octanol–water partition coefficient (Wildman–Crippen LogP) is 1.70. The van der Waals surface area contributed by atoms with Crippen LogP contribution in [0.3, 0.4) is 0 Å². The molecule has 1 aromatic rings. The maximum absolute atomic E-state index is 12.0. The van der Waals surface area contributed by atoms with Crippen molar-refractivity contribution in [3.63, 3.8) is 0 Å².